The van der Waals surface area contributed by atoms with Gasteiger partial charge in [0, 0.05) is 107 Å². The molecule has 0 radical (unpaired) electrons. The van der Waals surface area contributed by atoms with E-state index in [1.807, 2.05) is 37.2 Å². The van der Waals surface area contributed by atoms with Crippen molar-refractivity contribution in [2.45, 2.75) is 122 Å². The normalized spacial score (nSPS) is 23.0. The first-order chi connectivity index (χ1) is 31.8. The molecule has 1 saturated heterocycles. The van der Waals surface area contributed by atoms with Crippen molar-refractivity contribution in [3.05, 3.63) is 119 Å². The van der Waals surface area contributed by atoms with E-state index in [-0.39, 0.29) is 24.0 Å². The topological polar surface area (TPSA) is 111 Å². The van der Waals surface area contributed by atoms with Crippen LogP contribution in [-0.4, -0.2) is 76.4 Å². The van der Waals surface area contributed by atoms with E-state index >= 15 is 0 Å². The Bertz CT molecular complexity index is 2810. The second-order valence-electron chi connectivity index (χ2n) is 20.0. The second-order valence-corrected chi connectivity index (χ2v) is 20.0. The van der Waals surface area contributed by atoms with E-state index in [0.717, 1.165) is 137 Å². The molecule has 4 aromatic heterocycles. The molecule has 6 aliphatic rings. The molecule has 6 aromatic rings. The molecule has 12 rings (SSSR count). The van der Waals surface area contributed by atoms with Crippen LogP contribution < -0.4 is 0 Å². The molecule has 3 saturated carbocycles. The van der Waals surface area contributed by atoms with Crippen LogP contribution in [0.3, 0.4) is 0 Å². The average molecular weight is 867 g/mol. The van der Waals surface area contributed by atoms with Crippen molar-refractivity contribution >= 4 is 11.8 Å². The third-order valence-electron chi connectivity index (χ3n) is 15.5. The number of hydrogen-bond acceptors (Lipinski definition) is 7. The van der Waals surface area contributed by atoms with Gasteiger partial charge in [0.1, 0.15) is 0 Å². The average Bonchev–Trinajstić information content (AvgIpc) is 4.08. The predicted molar refractivity (Wildman–Crippen MR) is 250 cm³/mol. The summed E-state index contributed by atoms with van der Waals surface area (Å²) in [4.78, 5) is 42.6. The van der Waals surface area contributed by atoms with Crippen LogP contribution in [0, 0.1) is 31.6 Å². The molecule has 3 aliphatic heterocycles. The highest BCUT2D eigenvalue weighted by Crippen LogP contribution is 2.52. The van der Waals surface area contributed by atoms with Gasteiger partial charge in [0.2, 0.25) is 0 Å². The first kappa shape index (κ1) is 40.6. The van der Waals surface area contributed by atoms with Gasteiger partial charge in [-0.05, 0) is 118 Å². The Labute approximate surface area is 381 Å². The third kappa shape index (κ3) is 7.59. The zero-order chi connectivity index (χ0) is 43.8. The number of fused-ring (bicyclic) bond motifs is 2. The standard InChI is InChI=1S/C54H58N8O3/c1-33-13-20-45(50(57-33)36-14-15-39-28-59(53(63)48(39)23-36)32-43-10-6-22-65-43)41-26-56-61(31-41)29-38-9-5-11-46(38)52-47-21-16-37(24-49(47)54(64)62(52)42-17-18-42)51-44(19-12-34(2)58-51)40-25-55-60(30-40)27-35-7-3-4-8-35/h12-16,19-21,23-26,30-31,35,38,42-43,46,52H,3-11,17-18,22,27-29,32H2,1-2H3. The van der Waals surface area contributed by atoms with Gasteiger partial charge in [-0.2, -0.15) is 10.2 Å². The highest BCUT2D eigenvalue weighted by Gasteiger charge is 2.50. The Hall–Kier alpha value is -5.94. The van der Waals surface area contributed by atoms with Crippen molar-refractivity contribution < 1.29 is 14.3 Å². The quantitative estimate of drug-likeness (QED) is 0.120. The monoisotopic (exact) mass is 866 g/mol. The van der Waals surface area contributed by atoms with Gasteiger partial charge in [-0.25, -0.2) is 0 Å². The Kier molecular flexibility index (Phi) is 10.3. The van der Waals surface area contributed by atoms with Gasteiger partial charge in [0.15, 0.2) is 0 Å². The van der Waals surface area contributed by atoms with Crippen LogP contribution in [0.5, 0.6) is 0 Å². The van der Waals surface area contributed by atoms with E-state index in [9.17, 15) is 9.59 Å². The van der Waals surface area contributed by atoms with Crippen molar-refractivity contribution in [1.82, 2.24) is 39.3 Å². The van der Waals surface area contributed by atoms with Gasteiger partial charge in [0.25, 0.3) is 11.8 Å². The SMILES string of the molecule is Cc1ccc(-c2cnn(CC3CCCC3C3c4ccc(-c5nc(C)ccc5-c5cnn(CC6CCCC6)c5)cc4C(=O)N3C3CC3)c2)c(-c2ccc3c(c2)C(=O)N(CC2CCCO2)C3)n1. The molecule has 2 amide bonds. The summed E-state index contributed by atoms with van der Waals surface area (Å²) in [5.74, 6) is 1.65. The number of rotatable bonds is 12. The Morgan fingerprint density at radius 2 is 1.29 bits per heavy atom. The van der Waals surface area contributed by atoms with E-state index in [4.69, 9.17) is 24.9 Å². The molecular formula is C54H58N8O3. The maximum atomic E-state index is 14.6. The molecule has 332 valence electrons. The minimum atomic E-state index is 0.0531. The maximum absolute atomic E-state index is 14.6. The number of carbonyl (C=O) groups excluding carboxylic acids is 2. The molecule has 7 heterocycles. The summed E-state index contributed by atoms with van der Waals surface area (Å²) >= 11 is 0. The largest absolute Gasteiger partial charge is 0.376 e. The molecule has 65 heavy (non-hydrogen) atoms. The van der Waals surface area contributed by atoms with Gasteiger partial charge in [-0.1, -0.05) is 55.7 Å². The molecule has 0 spiro atoms. The van der Waals surface area contributed by atoms with Crippen molar-refractivity contribution in [1.29, 1.82) is 0 Å². The van der Waals surface area contributed by atoms with Gasteiger partial charge in [-0.15, -0.1) is 0 Å². The van der Waals surface area contributed by atoms with Crippen molar-refractivity contribution in [2.75, 3.05) is 13.2 Å². The van der Waals surface area contributed by atoms with Crippen LogP contribution in [0.1, 0.15) is 120 Å². The van der Waals surface area contributed by atoms with Crippen LogP contribution in [0.25, 0.3) is 44.8 Å². The number of aromatic nitrogens is 6. The summed E-state index contributed by atoms with van der Waals surface area (Å²) in [7, 11) is 0. The first-order valence-electron chi connectivity index (χ1n) is 24.3. The molecular weight excluding hydrogens is 809 g/mol. The summed E-state index contributed by atoms with van der Waals surface area (Å²) in [5.41, 5.74) is 13.5. The second kappa shape index (κ2) is 16.5. The lowest BCUT2D eigenvalue weighted by atomic mass is 9.84. The van der Waals surface area contributed by atoms with E-state index in [2.05, 4.69) is 81.3 Å². The lowest BCUT2D eigenvalue weighted by Crippen LogP contribution is -2.36. The number of amides is 2. The van der Waals surface area contributed by atoms with Gasteiger partial charge < -0.3 is 14.5 Å². The molecule has 0 bridgehead atoms. The summed E-state index contributed by atoms with van der Waals surface area (Å²) in [5, 5.41) is 9.74. The molecule has 4 fully saturated rings. The lowest BCUT2D eigenvalue weighted by Gasteiger charge is -2.34. The summed E-state index contributed by atoms with van der Waals surface area (Å²) in [6.45, 7) is 7.85. The summed E-state index contributed by atoms with van der Waals surface area (Å²) in [6.07, 6.45) is 21.1. The molecule has 4 unspecified atom stereocenters. The molecule has 0 N–H and O–H groups in total. The maximum Gasteiger partial charge on any atom is 0.255 e. The first-order valence-corrected chi connectivity index (χ1v) is 24.3. The molecule has 2 aromatic carbocycles. The number of carbonyl (C=O) groups is 2. The zero-order valence-electron chi connectivity index (χ0n) is 37.7. The Morgan fingerprint density at radius 1 is 0.615 bits per heavy atom. The highest BCUT2D eigenvalue weighted by molar-refractivity contribution is 6.01. The summed E-state index contributed by atoms with van der Waals surface area (Å²) in [6, 6.07) is 21.6. The van der Waals surface area contributed by atoms with Crippen LogP contribution in [-0.2, 0) is 24.4 Å². The van der Waals surface area contributed by atoms with Crippen molar-refractivity contribution in [3.8, 4) is 44.8 Å². The minimum absolute atomic E-state index is 0.0531. The van der Waals surface area contributed by atoms with Gasteiger partial charge in [0.05, 0.1) is 35.9 Å². The molecule has 11 heteroatoms. The van der Waals surface area contributed by atoms with E-state index in [0.29, 0.717) is 36.9 Å². The van der Waals surface area contributed by atoms with Crippen molar-refractivity contribution in [2.24, 2.45) is 17.8 Å². The fraction of sp³-hybridized carbons (Fsp3) is 0.444. The molecule has 3 aliphatic carbocycles. The van der Waals surface area contributed by atoms with Gasteiger partial charge >= 0.3 is 0 Å². The number of hydrogen-bond donors (Lipinski definition) is 0. The Balaban J connectivity index is 0.802. The van der Waals surface area contributed by atoms with Crippen LogP contribution in [0.2, 0.25) is 0 Å². The smallest absolute Gasteiger partial charge is 0.255 e. The number of aryl methyl sites for hydroxylation is 2. The molecule has 4 atom stereocenters. The fourth-order valence-electron chi connectivity index (χ4n) is 12.1. The van der Waals surface area contributed by atoms with Crippen molar-refractivity contribution in [3.63, 3.8) is 0 Å². The number of pyridine rings is 2. The number of ether oxygens (including phenoxy) is 1. The third-order valence-corrected chi connectivity index (χ3v) is 15.5. The number of benzene rings is 2. The fourth-order valence-corrected chi connectivity index (χ4v) is 12.1. The lowest BCUT2D eigenvalue weighted by molar-refractivity contribution is 0.0545. The summed E-state index contributed by atoms with van der Waals surface area (Å²) < 4.78 is 10.1. The molecule has 11 nitrogen and oxygen atoms in total. The van der Waals surface area contributed by atoms with E-state index in [1.54, 1.807) is 0 Å². The van der Waals surface area contributed by atoms with E-state index in [1.165, 1.54) is 31.2 Å². The van der Waals surface area contributed by atoms with Crippen LogP contribution >= 0.6 is 0 Å². The van der Waals surface area contributed by atoms with Crippen LogP contribution in [0.4, 0.5) is 0 Å². The van der Waals surface area contributed by atoms with E-state index < -0.39 is 0 Å². The minimum Gasteiger partial charge on any atom is -0.376 e. The number of nitrogens with zero attached hydrogens (tertiary/aromatic N) is 8. The predicted octanol–water partition coefficient (Wildman–Crippen LogP) is 10.3. The Morgan fingerprint density at radius 3 is 1.97 bits per heavy atom. The zero-order valence-corrected chi connectivity index (χ0v) is 37.7. The highest BCUT2D eigenvalue weighted by atomic mass is 16.5. The van der Waals surface area contributed by atoms with Crippen LogP contribution in [0.15, 0.2) is 85.5 Å². The van der Waals surface area contributed by atoms with Gasteiger partial charge in [-0.3, -0.25) is 28.9 Å².